The number of Topliss-reactive ketones (excluding diaryl/α,β-unsaturated/α-hetero) is 1. The molecule has 0 spiro atoms. The first-order chi connectivity index (χ1) is 6.70. The van der Waals surface area contributed by atoms with Crippen LogP contribution in [0.15, 0.2) is 12.3 Å². The van der Waals surface area contributed by atoms with Crippen molar-refractivity contribution in [3.8, 4) is 0 Å². The third-order valence-electron chi connectivity index (χ3n) is 2.59. The third-order valence-corrected chi connectivity index (χ3v) is 2.59. The van der Waals surface area contributed by atoms with Crippen LogP contribution in [0, 0.1) is 16.0 Å². The first kappa shape index (κ1) is 10.9. The van der Waals surface area contributed by atoms with E-state index in [4.69, 9.17) is 0 Å². The Morgan fingerprint density at radius 3 is 2.93 bits per heavy atom. The van der Waals surface area contributed by atoms with Gasteiger partial charge in [0.25, 0.3) is 0 Å². The molecule has 1 aliphatic carbocycles. The topological polar surface area (TPSA) is 60.2 Å². The normalized spacial score (nSPS) is 22.9. The highest BCUT2D eigenvalue weighted by Crippen LogP contribution is 2.24. The molecule has 4 nitrogen and oxygen atoms in total. The molecule has 0 N–H and O–H groups in total. The molecular formula is C10H15NO3. The fourth-order valence-corrected chi connectivity index (χ4v) is 1.82. The van der Waals surface area contributed by atoms with Crippen molar-refractivity contribution >= 4 is 5.78 Å². The Balaban J connectivity index is 2.23. The molecule has 1 fully saturated rings. The molecule has 0 aliphatic heterocycles. The van der Waals surface area contributed by atoms with Gasteiger partial charge in [-0.3, -0.25) is 14.9 Å². The number of carbonyl (C=O) groups excluding carboxylic acids is 1. The summed E-state index contributed by atoms with van der Waals surface area (Å²) in [6, 6.07) is 0. The molecule has 14 heavy (non-hydrogen) atoms. The Hall–Kier alpha value is -1.19. The van der Waals surface area contributed by atoms with Gasteiger partial charge in [-0.15, -0.1) is 0 Å². The van der Waals surface area contributed by atoms with E-state index in [1.165, 1.54) is 6.08 Å². The van der Waals surface area contributed by atoms with Crippen molar-refractivity contribution in [2.24, 2.45) is 5.92 Å². The summed E-state index contributed by atoms with van der Waals surface area (Å²) >= 11 is 0. The molecule has 0 saturated heterocycles. The van der Waals surface area contributed by atoms with Crippen molar-refractivity contribution in [3.63, 3.8) is 0 Å². The predicted molar refractivity (Wildman–Crippen MR) is 52.3 cm³/mol. The van der Waals surface area contributed by atoms with Crippen LogP contribution in [-0.4, -0.2) is 10.7 Å². The first-order valence-corrected chi connectivity index (χ1v) is 5.03. The van der Waals surface area contributed by atoms with Gasteiger partial charge in [-0.25, -0.2) is 0 Å². The molecule has 4 heteroatoms. The van der Waals surface area contributed by atoms with Gasteiger partial charge in [-0.2, -0.15) is 0 Å². The van der Waals surface area contributed by atoms with Crippen molar-refractivity contribution < 1.29 is 9.72 Å². The van der Waals surface area contributed by atoms with Crippen LogP contribution in [-0.2, 0) is 4.79 Å². The Labute approximate surface area is 83.1 Å². The van der Waals surface area contributed by atoms with Gasteiger partial charge < -0.3 is 0 Å². The number of ketones is 1. The smallest absolute Gasteiger partial charge is 0.230 e. The highest BCUT2D eigenvalue weighted by atomic mass is 16.6. The van der Waals surface area contributed by atoms with Crippen LogP contribution in [0.2, 0.25) is 0 Å². The number of allylic oxidation sites excluding steroid dienone is 1. The van der Waals surface area contributed by atoms with Gasteiger partial charge in [0.15, 0.2) is 0 Å². The predicted octanol–water partition coefficient (Wildman–Crippen LogP) is 2.32. The fourth-order valence-electron chi connectivity index (χ4n) is 1.82. The molecule has 1 rings (SSSR count). The van der Waals surface area contributed by atoms with Crippen LogP contribution in [0.3, 0.4) is 0 Å². The second-order valence-corrected chi connectivity index (χ2v) is 3.66. The summed E-state index contributed by atoms with van der Waals surface area (Å²) in [4.78, 5) is 20.9. The summed E-state index contributed by atoms with van der Waals surface area (Å²) in [7, 11) is 0. The van der Waals surface area contributed by atoms with Crippen LogP contribution in [0.25, 0.3) is 0 Å². The molecule has 1 atom stereocenters. The second-order valence-electron chi connectivity index (χ2n) is 3.66. The van der Waals surface area contributed by atoms with E-state index in [1.807, 2.05) is 0 Å². The molecule has 0 aromatic carbocycles. The number of hydrogen-bond acceptors (Lipinski definition) is 3. The zero-order valence-corrected chi connectivity index (χ0v) is 8.15. The van der Waals surface area contributed by atoms with Crippen molar-refractivity contribution in [1.29, 1.82) is 0 Å². The minimum atomic E-state index is -0.470. The summed E-state index contributed by atoms with van der Waals surface area (Å²) in [5.41, 5.74) is 0. The number of nitrogens with zero attached hydrogens (tertiary/aromatic N) is 1. The van der Waals surface area contributed by atoms with Crippen molar-refractivity contribution in [2.75, 3.05) is 0 Å². The number of rotatable bonds is 4. The zero-order chi connectivity index (χ0) is 10.4. The lowest BCUT2D eigenvalue weighted by Crippen LogP contribution is -2.18. The minimum absolute atomic E-state index is 0.153. The molecule has 0 aromatic rings. The van der Waals surface area contributed by atoms with Gasteiger partial charge in [-0.1, -0.05) is 6.42 Å². The molecule has 0 aromatic heterocycles. The van der Waals surface area contributed by atoms with E-state index in [-0.39, 0.29) is 5.92 Å². The summed E-state index contributed by atoms with van der Waals surface area (Å²) in [5.74, 6) is 0.492. The Morgan fingerprint density at radius 2 is 2.29 bits per heavy atom. The van der Waals surface area contributed by atoms with Crippen LogP contribution in [0.4, 0.5) is 0 Å². The lowest BCUT2D eigenvalue weighted by Gasteiger charge is -2.19. The summed E-state index contributed by atoms with van der Waals surface area (Å²) in [6.45, 7) is 0. The standard InChI is InChI=1S/C10H15NO3/c12-10-7-2-1-5-9(10)6-3-4-8-11(13)14/h4,8-9H,1-3,5-7H2/b8-4+. The van der Waals surface area contributed by atoms with E-state index in [2.05, 4.69) is 0 Å². The lowest BCUT2D eigenvalue weighted by atomic mass is 9.85. The van der Waals surface area contributed by atoms with E-state index in [0.29, 0.717) is 18.6 Å². The third kappa shape index (κ3) is 3.68. The Kier molecular flexibility index (Phi) is 4.29. The Morgan fingerprint density at radius 1 is 1.50 bits per heavy atom. The van der Waals surface area contributed by atoms with Gasteiger partial charge >= 0.3 is 0 Å². The SMILES string of the molecule is O=C1CCCCC1CC/C=C/[N+](=O)[O-]. The average molecular weight is 197 g/mol. The molecular weight excluding hydrogens is 182 g/mol. The summed E-state index contributed by atoms with van der Waals surface area (Å²) in [6.07, 6.45) is 7.68. The van der Waals surface area contributed by atoms with Gasteiger partial charge in [0, 0.05) is 12.3 Å². The van der Waals surface area contributed by atoms with E-state index in [1.54, 1.807) is 0 Å². The summed E-state index contributed by atoms with van der Waals surface area (Å²) < 4.78 is 0. The molecule has 0 amide bonds. The molecule has 1 saturated carbocycles. The molecule has 1 unspecified atom stereocenters. The monoisotopic (exact) mass is 197 g/mol. The maximum Gasteiger partial charge on any atom is 0.230 e. The Bertz CT molecular complexity index is 248. The van der Waals surface area contributed by atoms with Crippen LogP contribution in [0.5, 0.6) is 0 Å². The van der Waals surface area contributed by atoms with Crippen LogP contribution < -0.4 is 0 Å². The number of carbonyl (C=O) groups is 1. The molecule has 0 heterocycles. The molecule has 0 radical (unpaired) electrons. The highest BCUT2D eigenvalue weighted by molar-refractivity contribution is 5.81. The van der Waals surface area contributed by atoms with Gasteiger partial charge in [0.1, 0.15) is 5.78 Å². The van der Waals surface area contributed by atoms with Crippen molar-refractivity contribution in [1.82, 2.24) is 0 Å². The van der Waals surface area contributed by atoms with Gasteiger partial charge in [-0.05, 0) is 31.8 Å². The molecule has 1 aliphatic rings. The van der Waals surface area contributed by atoms with E-state index >= 15 is 0 Å². The quantitative estimate of drug-likeness (QED) is 0.513. The highest BCUT2D eigenvalue weighted by Gasteiger charge is 2.20. The first-order valence-electron chi connectivity index (χ1n) is 5.03. The molecule has 0 bridgehead atoms. The van der Waals surface area contributed by atoms with E-state index < -0.39 is 4.92 Å². The maximum atomic E-state index is 11.4. The fraction of sp³-hybridized carbons (Fsp3) is 0.700. The van der Waals surface area contributed by atoms with E-state index in [0.717, 1.165) is 31.9 Å². The van der Waals surface area contributed by atoms with Crippen LogP contribution in [0.1, 0.15) is 38.5 Å². The van der Waals surface area contributed by atoms with Crippen molar-refractivity contribution in [2.45, 2.75) is 38.5 Å². The van der Waals surface area contributed by atoms with Crippen LogP contribution >= 0.6 is 0 Å². The minimum Gasteiger partial charge on any atom is -0.299 e. The lowest BCUT2D eigenvalue weighted by molar-refractivity contribution is -0.402. The second kappa shape index (κ2) is 5.52. The largest absolute Gasteiger partial charge is 0.299 e. The van der Waals surface area contributed by atoms with Gasteiger partial charge in [0.05, 0.1) is 4.92 Å². The number of hydrogen-bond donors (Lipinski definition) is 0. The average Bonchev–Trinajstić information content (AvgIpc) is 2.15. The van der Waals surface area contributed by atoms with Crippen molar-refractivity contribution in [3.05, 3.63) is 22.4 Å². The van der Waals surface area contributed by atoms with Gasteiger partial charge in [0.2, 0.25) is 6.20 Å². The zero-order valence-electron chi connectivity index (χ0n) is 8.15. The molecule has 78 valence electrons. The summed E-state index contributed by atoms with van der Waals surface area (Å²) in [5, 5.41) is 9.97. The van der Waals surface area contributed by atoms with E-state index in [9.17, 15) is 14.9 Å². The number of nitro groups is 1. The maximum absolute atomic E-state index is 11.4.